The van der Waals surface area contributed by atoms with Gasteiger partial charge in [0.2, 0.25) is 0 Å². The summed E-state index contributed by atoms with van der Waals surface area (Å²) in [5, 5.41) is 7.91. The van der Waals surface area contributed by atoms with E-state index < -0.39 is 0 Å². The lowest BCUT2D eigenvalue weighted by atomic mass is 10.0. The van der Waals surface area contributed by atoms with Crippen molar-refractivity contribution in [1.29, 1.82) is 0 Å². The maximum atomic E-state index is 4.47. The Morgan fingerprint density at radius 1 is 1.28 bits per heavy atom. The van der Waals surface area contributed by atoms with Gasteiger partial charge in [0.05, 0.1) is 5.69 Å². The number of aromatic nitrogens is 2. The Morgan fingerprint density at radius 2 is 2.06 bits per heavy atom. The number of hydrogen-bond donors (Lipinski definition) is 1. The molecule has 2 aromatic rings. The van der Waals surface area contributed by atoms with Crippen molar-refractivity contribution in [3.05, 3.63) is 41.6 Å². The number of hydrogen-bond acceptors (Lipinski definition) is 2. The molecular weight excluding hydrogens is 222 g/mol. The highest BCUT2D eigenvalue weighted by Crippen LogP contribution is 2.22. The molecule has 96 valence electrons. The minimum Gasteiger partial charge on any atom is -0.310 e. The average molecular weight is 243 g/mol. The van der Waals surface area contributed by atoms with Crippen LogP contribution in [0.25, 0.3) is 11.3 Å². The van der Waals surface area contributed by atoms with Crippen LogP contribution in [0.5, 0.6) is 0 Å². The molecular formula is C15H21N3. The van der Waals surface area contributed by atoms with E-state index in [2.05, 4.69) is 55.5 Å². The molecule has 0 atom stereocenters. The van der Waals surface area contributed by atoms with Crippen LogP contribution in [0.4, 0.5) is 0 Å². The van der Waals surface area contributed by atoms with Crippen LogP contribution in [0, 0.1) is 6.92 Å². The Kier molecular flexibility index (Phi) is 3.82. The molecule has 1 aromatic heterocycles. The van der Waals surface area contributed by atoms with Gasteiger partial charge in [0, 0.05) is 31.4 Å². The Balaban J connectivity index is 2.27. The van der Waals surface area contributed by atoms with Crippen molar-refractivity contribution in [1.82, 2.24) is 15.1 Å². The van der Waals surface area contributed by atoms with E-state index in [4.69, 9.17) is 0 Å². The van der Waals surface area contributed by atoms with Crippen molar-refractivity contribution in [3.63, 3.8) is 0 Å². The summed E-state index contributed by atoms with van der Waals surface area (Å²) in [5.74, 6) is 0. The highest BCUT2D eigenvalue weighted by atomic mass is 15.2. The standard InChI is InChI=1S/C15H21N3/c1-11(2)16-10-13-6-5-12(3)14(9-13)15-7-8-18(4)17-15/h5-9,11,16H,10H2,1-4H3. The fourth-order valence-corrected chi connectivity index (χ4v) is 1.94. The third kappa shape index (κ3) is 2.99. The second kappa shape index (κ2) is 5.36. The second-order valence-electron chi connectivity index (χ2n) is 5.06. The monoisotopic (exact) mass is 243 g/mol. The van der Waals surface area contributed by atoms with E-state index in [1.54, 1.807) is 0 Å². The van der Waals surface area contributed by atoms with Crippen molar-refractivity contribution in [2.24, 2.45) is 7.05 Å². The first-order valence-corrected chi connectivity index (χ1v) is 6.39. The molecule has 0 aliphatic rings. The molecule has 0 bridgehead atoms. The molecule has 0 spiro atoms. The van der Waals surface area contributed by atoms with Crippen LogP contribution in [0.2, 0.25) is 0 Å². The maximum Gasteiger partial charge on any atom is 0.0925 e. The summed E-state index contributed by atoms with van der Waals surface area (Å²) in [4.78, 5) is 0. The molecule has 1 N–H and O–H groups in total. The minimum atomic E-state index is 0.504. The molecule has 0 saturated carbocycles. The van der Waals surface area contributed by atoms with Crippen LogP contribution >= 0.6 is 0 Å². The summed E-state index contributed by atoms with van der Waals surface area (Å²) in [7, 11) is 1.95. The summed E-state index contributed by atoms with van der Waals surface area (Å²) in [6.07, 6.45) is 1.98. The molecule has 2 rings (SSSR count). The minimum absolute atomic E-state index is 0.504. The highest BCUT2D eigenvalue weighted by Gasteiger charge is 2.06. The highest BCUT2D eigenvalue weighted by molar-refractivity contribution is 5.64. The predicted octanol–water partition coefficient (Wildman–Crippen LogP) is 2.89. The van der Waals surface area contributed by atoms with Crippen LogP contribution < -0.4 is 5.32 Å². The zero-order chi connectivity index (χ0) is 13.1. The van der Waals surface area contributed by atoms with Gasteiger partial charge in [0.1, 0.15) is 0 Å². The Labute approximate surface area is 109 Å². The van der Waals surface area contributed by atoms with Gasteiger partial charge in [0.15, 0.2) is 0 Å². The Bertz CT molecular complexity index is 526. The topological polar surface area (TPSA) is 29.9 Å². The smallest absolute Gasteiger partial charge is 0.0925 e. The lowest BCUT2D eigenvalue weighted by molar-refractivity contribution is 0.589. The second-order valence-corrected chi connectivity index (χ2v) is 5.06. The van der Waals surface area contributed by atoms with Gasteiger partial charge in [-0.05, 0) is 30.2 Å². The van der Waals surface area contributed by atoms with Crippen molar-refractivity contribution < 1.29 is 0 Å². The first kappa shape index (κ1) is 12.8. The largest absolute Gasteiger partial charge is 0.310 e. The molecule has 0 aliphatic carbocycles. The van der Waals surface area contributed by atoms with Crippen molar-refractivity contribution in [2.45, 2.75) is 33.4 Å². The fourth-order valence-electron chi connectivity index (χ4n) is 1.94. The fraction of sp³-hybridized carbons (Fsp3) is 0.400. The van der Waals surface area contributed by atoms with Gasteiger partial charge in [-0.15, -0.1) is 0 Å². The number of benzene rings is 1. The van der Waals surface area contributed by atoms with E-state index in [9.17, 15) is 0 Å². The molecule has 18 heavy (non-hydrogen) atoms. The van der Waals surface area contributed by atoms with Gasteiger partial charge in [-0.2, -0.15) is 5.10 Å². The summed E-state index contributed by atoms with van der Waals surface area (Å²) < 4.78 is 1.84. The van der Waals surface area contributed by atoms with Gasteiger partial charge < -0.3 is 5.32 Å². The molecule has 0 radical (unpaired) electrons. The summed E-state index contributed by atoms with van der Waals surface area (Å²) in [5.41, 5.74) is 4.83. The van der Waals surface area contributed by atoms with Crippen LogP contribution in [0.15, 0.2) is 30.5 Å². The van der Waals surface area contributed by atoms with Crippen molar-refractivity contribution in [2.75, 3.05) is 0 Å². The molecule has 0 fully saturated rings. The van der Waals surface area contributed by atoms with Gasteiger partial charge in [0.25, 0.3) is 0 Å². The average Bonchev–Trinajstić information content (AvgIpc) is 2.74. The Hall–Kier alpha value is -1.61. The van der Waals surface area contributed by atoms with E-state index in [-0.39, 0.29) is 0 Å². The molecule has 1 aromatic carbocycles. The molecule has 0 saturated heterocycles. The van der Waals surface area contributed by atoms with Gasteiger partial charge >= 0.3 is 0 Å². The SMILES string of the molecule is Cc1ccc(CNC(C)C)cc1-c1ccn(C)n1. The number of nitrogens with one attached hydrogen (secondary N) is 1. The van der Waals surface area contributed by atoms with Crippen molar-refractivity contribution >= 4 is 0 Å². The predicted molar refractivity (Wildman–Crippen MR) is 75.4 cm³/mol. The first-order valence-electron chi connectivity index (χ1n) is 6.39. The van der Waals surface area contributed by atoms with Crippen LogP contribution in [0.1, 0.15) is 25.0 Å². The van der Waals surface area contributed by atoms with E-state index in [0.717, 1.165) is 12.2 Å². The number of aryl methyl sites for hydroxylation is 2. The quantitative estimate of drug-likeness (QED) is 0.895. The summed E-state index contributed by atoms with van der Waals surface area (Å²) in [6.45, 7) is 7.35. The van der Waals surface area contributed by atoms with E-state index in [0.29, 0.717) is 6.04 Å². The third-order valence-corrected chi connectivity index (χ3v) is 3.01. The zero-order valence-corrected chi connectivity index (χ0v) is 11.6. The molecule has 0 unspecified atom stereocenters. The van der Waals surface area contributed by atoms with Crippen LogP contribution in [-0.2, 0) is 13.6 Å². The lowest BCUT2D eigenvalue weighted by Gasteiger charge is -2.10. The number of nitrogens with zero attached hydrogens (tertiary/aromatic N) is 2. The van der Waals surface area contributed by atoms with Gasteiger partial charge in [-0.1, -0.05) is 26.0 Å². The molecule has 0 amide bonds. The lowest BCUT2D eigenvalue weighted by Crippen LogP contribution is -2.21. The molecule has 1 heterocycles. The summed E-state index contributed by atoms with van der Waals surface area (Å²) in [6, 6.07) is 9.14. The molecule has 0 aliphatic heterocycles. The van der Waals surface area contributed by atoms with Crippen LogP contribution in [-0.4, -0.2) is 15.8 Å². The van der Waals surface area contributed by atoms with Crippen LogP contribution in [0.3, 0.4) is 0 Å². The van der Waals surface area contributed by atoms with Gasteiger partial charge in [-0.3, -0.25) is 4.68 Å². The van der Waals surface area contributed by atoms with E-state index in [1.807, 2.05) is 17.9 Å². The number of rotatable bonds is 4. The van der Waals surface area contributed by atoms with E-state index >= 15 is 0 Å². The maximum absolute atomic E-state index is 4.47. The molecule has 3 heteroatoms. The normalized spacial score (nSPS) is 11.2. The van der Waals surface area contributed by atoms with Crippen molar-refractivity contribution in [3.8, 4) is 11.3 Å². The van der Waals surface area contributed by atoms with E-state index in [1.165, 1.54) is 16.7 Å². The first-order chi connectivity index (χ1) is 8.56. The Morgan fingerprint density at radius 3 is 2.67 bits per heavy atom. The third-order valence-electron chi connectivity index (χ3n) is 3.01. The zero-order valence-electron chi connectivity index (χ0n) is 11.6. The van der Waals surface area contributed by atoms with Gasteiger partial charge in [-0.25, -0.2) is 0 Å². The summed E-state index contributed by atoms with van der Waals surface area (Å²) >= 11 is 0. The molecule has 3 nitrogen and oxygen atoms in total.